The van der Waals surface area contributed by atoms with Crippen LogP contribution >= 0.6 is 0 Å². The van der Waals surface area contributed by atoms with Crippen LogP contribution in [0, 0.1) is 6.92 Å². The molecule has 0 radical (unpaired) electrons. The molecule has 0 aliphatic rings. The summed E-state index contributed by atoms with van der Waals surface area (Å²) in [5.41, 5.74) is 7.74. The second-order valence-electron chi connectivity index (χ2n) is 4.45. The van der Waals surface area contributed by atoms with Crippen molar-refractivity contribution in [2.75, 3.05) is 18.6 Å². The molecular weight excluding hydrogens is 250 g/mol. The molecule has 1 unspecified atom stereocenters. The summed E-state index contributed by atoms with van der Waals surface area (Å²) in [4.78, 5) is 0. The first-order valence-electron chi connectivity index (χ1n) is 6.00. The highest BCUT2D eigenvalue weighted by Crippen LogP contribution is 2.22. The molecule has 4 nitrogen and oxygen atoms in total. The highest BCUT2D eigenvalue weighted by molar-refractivity contribution is 7.91. The molecule has 0 fully saturated rings. The highest BCUT2D eigenvalue weighted by atomic mass is 32.2. The van der Waals surface area contributed by atoms with Gasteiger partial charge in [0.15, 0.2) is 9.84 Å². The van der Waals surface area contributed by atoms with Gasteiger partial charge < -0.3 is 10.5 Å². The largest absolute Gasteiger partial charge is 0.496 e. The maximum atomic E-state index is 11.7. The van der Waals surface area contributed by atoms with Crippen molar-refractivity contribution in [3.63, 3.8) is 0 Å². The molecule has 0 bridgehead atoms. The Balaban J connectivity index is 2.85. The quantitative estimate of drug-likeness (QED) is 0.857. The van der Waals surface area contributed by atoms with Crippen molar-refractivity contribution in [3.8, 4) is 5.75 Å². The van der Waals surface area contributed by atoms with Crippen LogP contribution in [0.15, 0.2) is 18.2 Å². The Morgan fingerprint density at radius 1 is 1.39 bits per heavy atom. The maximum Gasteiger partial charge on any atom is 0.152 e. The minimum Gasteiger partial charge on any atom is -0.496 e. The molecule has 102 valence electrons. The number of rotatable bonds is 6. The molecule has 1 aromatic rings. The number of hydrogen-bond acceptors (Lipinski definition) is 4. The maximum absolute atomic E-state index is 11.7. The lowest BCUT2D eigenvalue weighted by molar-refractivity contribution is 0.411. The van der Waals surface area contributed by atoms with E-state index in [-0.39, 0.29) is 11.5 Å². The third-order valence-electron chi connectivity index (χ3n) is 2.80. The fraction of sp³-hybridized carbons (Fsp3) is 0.538. The van der Waals surface area contributed by atoms with Crippen LogP contribution in [0.4, 0.5) is 0 Å². The predicted octanol–water partition coefficient (Wildman–Crippen LogP) is 1.83. The van der Waals surface area contributed by atoms with Crippen molar-refractivity contribution in [2.24, 2.45) is 5.73 Å². The number of methoxy groups -OCH3 is 1. The fourth-order valence-corrected chi connectivity index (χ4v) is 3.42. The lowest BCUT2D eigenvalue weighted by Gasteiger charge is -2.14. The van der Waals surface area contributed by atoms with Crippen LogP contribution in [0.5, 0.6) is 5.75 Å². The zero-order valence-electron chi connectivity index (χ0n) is 11.1. The van der Waals surface area contributed by atoms with Crippen molar-refractivity contribution in [3.05, 3.63) is 29.3 Å². The van der Waals surface area contributed by atoms with Crippen molar-refractivity contribution in [2.45, 2.75) is 26.3 Å². The Bertz CT molecular complexity index is 497. The summed E-state index contributed by atoms with van der Waals surface area (Å²) in [6.07, 6.45) is 0.622. The van der Waals surface area contributed by atoms with E-state index in [1.165, 1.54) is 0 Å². The summed E-state index contributed by atoms with van der Waals surface area (Å²) < 4.78 is 28.6. The second-order valence-corrected chi connectivity index (χ2v) is 6.68. The number of ether oxygens (including phenoxy) is 1. The van der Waals surface area contributed by atoms with Crippen LogP contribution in [-0.2, 0) is 9.84 Å². The Morgan fingerprint density at radius 3 is 2.56 bits per heavy atom. The topological polar surface area (TPSA) is 69.4 Å². The lowest BCUT2D eigenvalue weighted by Crippen LogP contribution is -2.23. The second kappa shape index (κ2) is 6.20. The first kappa shape index (κ1) is 15.0. The van der Waals surface area contributed by atoms with E-state index in [0.717, 1.165) is 16.9 Å². The van der Waals surface area contributed by atoms with Crippen LogP contribution in [-0.4, -0.2) is 27.0 Å². The normalized spacial score (nSPS) is 13.3. The summed E-state index contributed by atoms with van der Waals surface area (Å²) in [6.45, 7) is 3.76. The van der Waals surface area contributed by atoms with Crippen LogP contribution in [0.3, 0.4) is 0 Å². The average Bonchev–Trinajstić information content (AvgIpc) is 2.28. The van der Waals surface area contributed by atoms with Gasteiger partial charge in [0.05, 0.1) is 12.9 Å². The predicted molar refractivity (Wildman–Crippen MR) is 73.6 cm³/mol. The monoisotopic (exact) mass is 271 g/mol. The van der Waals surface area contributed by atoms with Crippen LogP contribution in [0.1, 0.15) is 30.5 Å². The van der Waals surface area contributed by atoms with E-state index in [1.807, 2.05) is 32.0 Å². The molecule has 0 aliphatic heterocycles. The molecule has 0 spiro atoms. The molecule has 18 heavy (non-hydrogen) atoms. The Labute approximate surface area is 109 Å². The van der Waals surface area contributed by atoms with E-state index in [0.29, 0.717) is 6.42 Å². The molecule has 1 aromatic carbocycles. The Kier molecular flexibility index (Phi) is 5.16. The number of nitrogens with two attached hydrogens (primary N) is 1. The number of hydrogen-bond donors (Lipinski definition) is 1. The summed E-state index contributed by atoms with van der Waals surface area (Å²) in [6, 6.07) is 5.03. The minimum absolute atomic E-state index is 0.00733. The lowest BCUT2D eigenvalue weighted by atomic mass is 10.1. The van der Waals surface area contributed by atoms with E-state index >= 15 is 0 Å². The van der Waals surface area contributed by atoms with Gasteiger partial charge in [-0.2, -0.15) is 0 Å². The van der Waals surface area contributed by atoms with E-state index in [9.17, 15) is 8.42 Å². The molecule has 1 rings (SSSR count). The molecule has 1 atom stereocenters. The first-order chi connectivity index (χ1) is 8.39. The van der Waals surface area contributed by atoms with E-state index in [4.69, 9.17) is 10.5 Å². The molecule has 0 heterocycles. The Morgan fingerprint density at radius 2 is 2.06 bits per heavy atom. The zero-order valence-corrected chi connectivity index (χ0v) is 12.0. The summed E-state index contributed by atoms with van der Waals surface area (Å²) in [7, 11) is -1.46. The smallest absolute Gasteiger partial charge is 0.152 e. The van der Waals surface area contributed by atoms with Gasteiger partial charge in [-0.25, -0.2) is 8.42 Å². The minimum atomic E-state index is -3.06. The molecule has 0 saturated carbocycles. The van der Waals surface area contributed by atoms with Gasteiger partial charge in [0.1, 0.15) is 5.75 Å². The van der Waals surface area contributed by atoms with Gasteiger partial charge in [-0.15, -0.1) is 0 Å². The van der Waals surface area contributed by atoms with E-state index in [1.54, 1.807) is 7.11 Å². The first-order valence-corrected chi connectivity index (χ1v) is 7.82. The van der Waals surface area contributed by atoms with E-state index < -0.39 is 15.9 Å². The van der Waals surface area contributed by atoms with Crippen molar-refractivity contribution >= 4 is 9.84 Å². The highest BCUT2D eigenvalue weighted by Gasteiger charge is 2.17. The summed E-state index contributed by atoms with van der Waals surface area (Å²) in [5, 5.41) is 0. The van der Waals surface area contributed by atoms with Gasteiger partial charge in [-0.05, 0) is 30.5 Å². The molecule has 0 aliphatic carbocycles. The molecule has 0 saturated heterocycles. The van der Waals surface area contributed by atoms with Crippen LogP contribution in [0.2, 0.25) is 0 Å². The number of benzene rings is 1. The fourth-order valence-electron chi connectivity index (χ4n) is 1.90. The van der Waals surface area contributed by atoms with Crippen LogP contribution in [0.25, 0.3) is 0 Å². The standard InChI is InChI=1S/C13H21NO3S/c1-4-7-18(15,16)9-12(14)11-5-6-13(17-3)10(2)8-11/h5-6,8,12H,4,7,9,14H2,1-3H3. The van der Waals surface area contributed by atoms with Crippen molar-refractivity contribution < 1.29 is 13.2 Å². The number of aryl methyl sites for hydroxylation is 1. The van der Waals surface area contributed by atoms with Crippen molar-refractivity contribution in [1.82, 2.24) is 0 Å². The third-order valence-corrected chi connectivity index (χ3v) is 4.69. The van der Waals surface area contributed by atoms with Gasteiger partial charge in [0.2, 0.25) is 0 Å². The van der Waals surface area contributed by atoms with Crippen LogP contribution < -0.4 is 10.5 Å². The summed E-state index contributed by atoms with van der Waals surface area (Å²) >= 11 is 0. The molecule has 0 aromatic heterocycles. The van der Waals surface area contributed by atoms with Gasteiger partial charge in [0.25, 0.3) is 0 Å². The van der Waals surface area contributed by atoms with Gasteiger partial charge in [-0.1, -0.05) is 19.1 Å². The molecule has 2 N–H and O–H groups in total. The molecular formula is C13H21NO3S. The van der Waals surface area contributed by atoms with Gasteiger partial charge in [-0.3, -0.25) is 0 Å². The summed E-state index contributed by atoms with van der Waals surface area (Å²) in [5.74, 6) is 0.963. The zero-order chi connectivity index (χ0) is 13.8. The molecule has 0 amide bonds. The molecule has 5 heteroatoms. The van der Waals surface area contributed by atoms with E-state index in [2.05, 4.69) is 0 Å². The SMILES string of the molecule is CCCS(=O)(=O)CC(N)c1ccc(OC)c(C)c1. The van der Waals surface area contributed by atoms with Crippen molar-refractivity contribution in [1.29, 1.82) is 0 Å². The van der Waals surface area contributed by atoms with Gasteiger partial charge in [0, 0.05) is 11.8 Å². The third kappa shape index (κ3) is 3.99. The van der Waals surface area contributed by atoms with Gasteiger partial charge >= 0.3 is 0 Å². The average molecular weight is 271 g/mol. The number of sulfone groups is 1. The Hall–Kier alpha value is -1.07.